The number of oxazole rings is 1. The Morgan fingerprint density at radius 3 is 2.63 bits per heavy atom. The van der Waals surface area contributed by atoms with Gasteiger partial charge in [-0.05, 0) is 54.6 Å². The number of anilines is 1. The monoisotopic (exact) mass is 440 g/mol. The lowest BCUT2D eigenvalue weighted by atomic mass is 10.1. The van der Waals surface area contributed by atoms with Crippen LogP contribution < -0.4 is 14.8 Å². The second kappa shape index (κ2) is 7.55. The van der Waals surface area contributed by atoms with Gasteiger partial charge in [0.25, 0.3) is 5.91 Å². The maximum atomic E-state index is 12.8. The minimum absolute atomic E-state index is 0.324. The molecule has 1 aromatic heterocycles. The molecule has 4 aromatic rings. The summed E-state index contributed by atoms with van der Waals surface area (Å²) >= 11 is 12.3. The van der Waals surface area contributed by atoms with Crippen molar-refractivity contribution in [3.63, 3.8) is 0 Å². The third kappa shape index (κ3) is 3.56. The van der Waals surface area contributed by atoms with Gasteiger partial charge in [-0.25, -0.2) is 4.98 Å². The van der Waals surface area contributed by atoms with E-state index in [4.69, 9.17) is 37.1 Å². The lowest BCUT2D eigenvalue weighted by Crippen LogP contribution is -2.17. The van der Waals surface area contributed by atoms with Crippen molar-refractivity contribution in [2.24, 2.45) is 0 Å². The zero-order chi connectivity index (χ0) is 20.7. The molecule has 3 aromatic carbocycles. The average molecular weight is 441 g/mol. The molecule has 1 amide bonds. The van der Waals surface area contributed by atoms with Crippen LogP contribution in [-0.4, -0.2) is 24.1 Å². The molecule has 2 heterocycles. The number of halogens is 2. The first-order valence-electron chi connectivity index (χ1n) is 9.14. The van der Waals surface area contributed by atoms with E-state index < -0.39 is 0 Å². The molecule has 0 unspecified atom stereocenters. The number of rotatable bonds is 3. The van der Waals surface area contributed by atoms with E-state index in [0.29, 0.717) is 68.6 Å². The number of hydrogen-bond donors (Lipinski definition) is 1. The van der Waals surface area contributed by atoms with E-state index in [1.54, 1.807) is 54.6 Å². The van der Waals surface area contributed by atoms with Gasteiger partial charge in [-0.2, -0.15) is 0 Å². The summed E-state index contributed by atoms with van der Waals surface area (Å²) in [4.78, 5) is 17.2. The van der Waals surface area contributed by atoms with Crippen LogP contribution in [0.5, 0.6) is 11.5 Å². The minimum atomic E-state index is -0.324. The van der Waals surface area contributed by atoms with Crippen LogP contribution in [0.3, 0.4) is 0 Å². The fourth-order valence-corrected chi connectivity index (χ4v) is 3.49. The maximum Gasteiger partial charge on any atom is 0.255 e. The summed E-state index contributed by atoms with van der Waals surface area (Å²) in [7, 11) is 0. The van der Waals surface area contributed by atoms with Gasteiger partial charge >= 0.3 is 0 Å². The van der Waals surface area contributed by atoms with Crippen molar-refractivity contribution in [3.8, 4) is 23.0 Å². The summed E-state index contributed by atoms with van der Waals surface area (Å²) in [5.41, 5.74) is 2.80. The molecule has 30 heavy (non-hydrogen) atoms. The second-order valence-electron chi connectivity index (χ2n) is 6.64. The van der Waals surface area contributed by atoms with Gasteiger partial charge in [-0.3, -0.25) is 4.79 Å². The van der Waals surface area contributed by atoms with Gasteiger partial charge in [-0.1, -0.05) is 23.2 Å². The van der Waals surface area contributed by atoms with Gasteiger partial charge in [0.15, 0.2) is 17.1 Å². The topological polar surface area (TPSA) is 73.6 Å². The molecule has 150 valence electrons. The van der Waals surface area contributed by atoms with E-state index in [0.717, 1.165) is 0 Å². The van der Waals surface area contributed by atoms with Crippen molar-refractivity contribution in [1.29, 1.82) is 0 Å². The van der Waals surface area contributed by atoms with E-state index >= 15 is 0 Å². The highest BCUT2D eigenvalue weighted by Crippen LogP contribution is 2.33. The van der Waals surface area contributed by atoms with Crippen molar-refractivity contribution in [1.82, 2.24) is 4.98 Å². The Hall–Kier alpha value is -3.22. The highest BCUT2D eigenvalue weighted by Gasteiger charge is 2.17. The molecule has 1 N–H and O–H groups in total. The van der Waals surface area contributed by atoms with Crippen molar-refractivity contribution in [3.05, 3.63) is 70.2 Å². The SMILES string of the molecule is O=C(Nc1cc(-c2nc3cc(Cl)ccc3o2)ccc1Cl)c1ccc2c(c1)OCCO2. The van der Waals surface area contributed by atoms with Gasteiger partial charge in [0.1, 0.15) is 18.7 Å². The third-order valence-corrected chi connectivity index (χ3v) is 5.18. The molecule has 5 rings (SSSR count). The predicted molar refractivity (Wildman–Crippen MR) is 115 cm³/mol. The molecular formula is C22H14Cl2N2O4. The Morgan fingerprint density at radius 1 is 0.933 bits per heavy atom. The number of hydrogen-bond acceptors (Lipinski definition) is 5. The normalized spacial score (nSPS) is 12.7. The molecule has 0 fully saturated rings. The molecule has 1 aliphatic heterocycles. The Morgan fingerprint density at radius 2 is 1.77 bits per heavy atom. The van der Waals surface area contributed by atoms with E-state index in [1.807, 2.05) is 0 Å². The van der Waals surface area contributed by atoms with Gasteiger partial charge < -0.3 is 19.2 Å². The predicted octanol–water partition coefficient (Wildman–Crippen LogP) is 5.83. The van der Waals surface area contributed by atoms with E-state index in [2.05, 4.69) is 10.3 Å². The number of aromatic nitrogens is 1. The lowest BCUT2D eigenvalue weighted by Gasteiger charge is -2.18. The van der Waals surface area contributed by atoms with Crippen molar-refractivity contribution in [2.45, 2.75) is 0 Å². The lowest BCUT2D eigenvalue weighted by molar-refractivity contribution is 0.102. The summed E-state index contributed by atoms with van der Waals surface area (Å²) in [6.45, 7) is 0.935. The molecular weight excluding hydrogens is 427 g/mol. The number of nitrogens with one attached hydrogen (secondary N) is 1. The summed E-state index contributed by atoms with van der Waals surface area (Å²) < 4.78 is 16.8. The molecule has 0 radical (unpaired) electrons. The first-order valence-corrected chi connectivity index (χ1v) is 9.89. The fourth-order valence-electron chi connectivity index (χ4n) is 3.16. The Labute approximate surface area is 181 Å². The molecule has 6 nitrogen and oxygen atoms in total. The summed E-state index contributed by atoms with van der Waals surface area (Å²) in [5.74, 6) is 1.24. The van der Waals surface area contributed by atoms with Crippen LogP contribution in [-0.2, 0) is 0 Å². The summed E-state index contributed by atoms with van der Waals surface area (Å²) in [6, 6.07) is 15.4. The van der Waals surface area contributed by atoms with Gasteiger partial charge in [0.2, 0.25) is 5.89 Å². The number of nitrogens with zero attached hydrogens (tertiary/aromatic N) is 1. The Balaban J connectivity index is 1.44. The largest absolute Gasteiger partial charge is 0.486 e. The van der Waals surface area contributed by atoms with Crippen LogP contribution >= 0.6 is 23.2 Å². The summed E-state index contributed by atoms with van der Waals surface area (Å²) in [5, 5.41) is 3.80. The van der Waals surface area contributed by atoms with Crippen LogP contribution in [0.15, 0.2) is 59.0 Å². The zero-order valence-electron chi connectivity index (χ0n) is 15.4. The molecule has 0 bridgehead atoms. The fraction of sp³-hybridized carbons (Fsp3) is 0.0909. The van der Waals surface area contributed by atoms with Gasteiger partial charge in [0.05, 0.1) is 10.7 Å². The quantitative estimate of drug-likeness (QED) is 0.434. The first-order chi connectivity index (χ1) is 14.6. The Bertz CT molecular complexity index is 1290. The Kier molecular flexibility index (Phi) is 4.73. The molecule has 0 saturated heterocycles. The van der Waals surface area contributed by atoms with Crippen LogP contribution in [0.2, 0.25) is 10.0 Å². The van der Waals surface area contributed by atoms with E-state index in [1.165, 1.54) is 0 Å². The van der Waals surface area contributed by atoms with Crippen molar-refractivity contribution < 1.29 is 18.7 Å². The van der Waals surface area contributed by atoms with Crippen molar-refractivity contribution in [2.75, 3.05) is 18.5 Å². The molecule has 0 atom stereocenters. The van der Waals surface area contributed by atoms with E-state index in [-0.39, 0.29) is 5.91 Å². The molecule has 0 spiro atoms. The number of benzene rings is 3. The number of ether oxygens (including phenoxy) is 2. The molecule has 8 heteroatoms. The molecule has 1 aliphatic rings. The average Bonchev–Trinajstić information content (AvgIpc) is 3.18. The highest BCUT2D eigenvalue weighted by molar-refractivity contribution is 6.34. The number of carbonyl (C=O) groups excluding carboxylic acids is 1. The van der Waals surface area contributed by atoms with Crippen LogP contribution in [0.4, 0.5) is 5.69 Å². The van der Waals surface area contributed by atoms with Crippen LogP contribution in [0.1, 0.15) is 10.4 Å². The number of amides is 1. The van der Waals surface area contributed by atoms with Crippen LogP contribution in [0.25, 0.3) is 22.6 Å². The molecule has 0 saturated carbocycles. The minimum Gasteiger partial charge on any atom is -0.486 e. The standard InChI is InChI=1S/C22H14Cl2N2O4/c23-14-3-6-18-17(11-14)26-22(30-18)13-1-4-15(24)16(9-13)25-21(27)12-2-5-19-20(10-12)29-8-7-28-19/h1-6,9-11H,7-8H2,(H,25,27). The summed E-state index contributed by atoms with van der Waals surface area (Å²) in [6.07, 6.45) is 0. The third-order valence-electron chi connectivity index (χ3n) is 4.62. The van der Waals surface area contributed by atoms with Crippen molar-refractivity contribution >= 4 is 45.9 Å². The smallest absolute Gasteiger partial charge is 0.255 e. The maximum absolute atomic E-state index is 12.8. The van der Waals surface area contributed by atoms with Crippen LogP contribution in [0, 0.1) is 0 Å². The first kappa shape index (κ1) is 18.8. The highest BCUT2D eigenvalue weighted by atomic mass is 35.5. The van der Waals surface area contributed by atoms with Gasteiger partial charge in [0, 0.05) is 16.1 Å². The second-order valence-corrected chi connectivity index (χ2v) is 7.48. The van der Waals surface area contributed by atoms with E-state index in [9.17, 15) is 4.79 Å². The van der Waals surface area contributed by atoms with Gasteiger partial charge in [-0.15, -0.1) is 0 Å². The zero-order valence-corrected chi connectivity index (χ0v) is 17.0. The number of carbonyl (C=O) groups is 1. The number of fused-ring (bicyclic) bond motifs is 2. The molecule has 0 aliphatic carbocycles.